The van der Waals surface area contributed by atoms with Gasteiger partial charge >= 0.3 is 0 Å². The normalized spacial score (nSPS) is 17.8. The predicted octanol–water partition coefficient (Wildman–Crippen LogP) is 3.88. The highest BCUT2D eigenvalue weighted by Crippen LogP contribution is 2.41. The van der Waals surface area contributed by atoms with Crippen LogP contribution in [-0.2, 0) is 9.59 Å². The molecule has 0 saturated heterocycles. The van der Waals surface area contributed by atoms with Crippen molar-refractivity contribution in [2.45, 2.75) is 13.3 Å². The minimum Gasteiger partial charge on any atom is -0.493 e. The molecule has 6 nitrogen and oxygen atoms in total. The minimum absolute atomic E-state index is 0.173. The van der Waals surface area contributed by atoms with E-state index in [0.717, 1.165) is 5.56 Å². The molecule has 2 atom stereocenters. The Morgan fingerprint density at radius 2 is 1.63 bits per heavy atom. The van der Waals surface area contributed by atoms with Gasteiger partial charge in [-0.15, -0.1) is 0 Å². The molecule has 2 aromatic rings. The maximum Gasteiger partial charge on any atom is 0.228 e. The first kappa shape index (κ1) is 19.0. The quantitative estimate of drug-likeness (QED) is 0.787. The van der Waals surface area contributed by atoms with Gasteiger partial charge in [0.15, 0.2) is 11.5 Å². The number of amides is 2. The molecule has 142 valence electrons. The van der Waals surface area contributed by atoms with E-state index < -0.39 is 0 Å². The molecule has 3 rings (SSSR count). The van der Waals surface area contributed by atoms with Crippen molar-refractivity contribution in [2.75, 3.05) is 24.9 Å². The summed E-state index contributed by atoms with van der Waals surface area (Å²) >= 11 is 5.98. The van der Waals surface area contributed by atoms with Gasteiger partial charge in [-0.3, -0.25) is 9.59 Å². The van der Waals surface area contributed by atoms with Crippen LogP contribution in [0.2, 0.25) is 5.02 Å². The summed E-state index contributed by atoms with van der Waals surface area (Å²) in [5.41, 5.74) is 2.17. The predicted molar refractivity (Wildman–Crippen MR) is 105 cm³/mol. The van der Waals surface area contributed by atoms with Crippen LogP contribution in [0.1, 0.15) is 12.0 Å². The highest BCUT2D eigenvalue weighted by Gasteiger charge is 2.48. The molecule has 0 spiro atoms. The van der Waals surface area contributed by atoms with Crippen LogP contribution in [0.4, 0.5) is 11.4 Å². The summed E-state index contributed by atoms with van der Waals surface area (Å²) in [5, 5.41) is 6.23. The molecule has 2 amide bonds. The minimum atomic E-state index is -0.349. The average Bonchev–Trinajstić information content (AvgIpc) is 3.45. The second-order valence-corrected chi connectivity index (χ2v) is 6.89. The molecule has 1 aliphatic rings. The number of benzene rings is 2. The molecule has 0 bridgehead atoms. The number of carbonyl (C=O) groups excluding carboxylic acids is 2. The van der Waals surface area contributed by atoms with Gasteiger partial charge in [0, 0.05) is 22.5 Å². The lowest BCUT2D eigenvalue weighted by atomic mass is 10.2. The van der Waals surface area contributed by atoms with Crippen molar-refractivity contribution in [1.82, 2.24) is 0 Å². The average molecular weight is 389 g/mol. The fourth-order valence-electron chi connectivity index (χ4n) is 2.88. The van der Waals surface area contributed by atoms with E-state index >= 15 is 0 Å². The molecule has 1 aliphatic carbocycles. The van der Waals surface area contributed by atoms with Gasteiger partial charge in [0.25, 0.3) is 0 Å². The van der Waals surface area contributed by atoms with E-state index in [0.29, 0.717) is 34.3 Å². The highest BCUT2D eigenvalue weighted by molar-refractivity contribution is 6.31. The van der Waals surface area contributed by atoms with Crippen molar-refractivity contribution in [2.24, 2.45) is 11.8 Å². The second kappa shape index (κ2) is 7.88. The lowest BCUT2D eigenvalue weighted by molar-refractivity contribution is -0.122. The van der Waals surface area contributed by atoms with Crippen LogP contribution in [0.15, 0.2) is 36.4 Å². The second-order valence-electron chi connectivity index (χ2n) is 6.46. The number of ether oxygens (including phenoxy) is 2. The number of methoxy groups -OCH3 is 2. The molecule has 0 aliphatic heterocycles. The monoisotopic (exact) mass is 388 g/mol. The van der Waals surface area contributed by atoms with Crippen molar-refractivity contribution >= 4 is 34.8 Å². The Morgan fingerprint density at radius 3 is 2.30 bits per heavy atom. The van der Waals surface area contributed by atoms with E-state index in [1.165, 1.54) is 7.11 Å². The molecular formula is C20H21ClN2O4. The summed E-state index contributed by atoms with van der Waals surface area (Å²) in [7, 11) is 3.08. The first-order chi connectivity index (χ1) is 12.9. The zero-order valence-corrected chi connectivity index (χ0v) is 16.1. The van der Waals surface area contributed by atoms with Crippen molar-refractivity contribution < 1.29 is 19.1 Å². The number of hydrogen-bond donors (Lipinski definition) is 2. The third-order valence-electron chi connectivity index (χ3n) is 4.57. The van der Waals surface area contributed by atoms with E-state index in [9.17, 15) is 9.59 Å². The first-order valence-corrected chi connectivity index (χ1v) is 8.90. The molecule has 2 aromatic carbocycles. The van der Waals surface area contributed by atoms with Crippen LogP contribution in [0.5, 0.6) is 11.5 Å². The van der Waals surface area contributed by atoms with E-state index in [2.05, 4.69) is 10.6 Å². The van der Waals surface area contributed by atoms with Gasteiger partial charge in [0.2, 0.25) is 11.8 Å². The Morgan fingerprint density at radius 1 is 0.963 bits per heavy atom. The lowest BCUT2D eigenvalue weighted by Gasteiger charge is -2.11. The summed E-state index contributed by atoms with van der Waals surface area (Å²) in [5.74, 6) is 0.0482. The van der Waals surface area contributed by atoms with Gasteiger partial charge in [-0.1, -0.05) is 17.7 Å². The molecule has 0 aromatic heterocycles. The SMILES string of the molecule is COc1ccc(NC(=O)C2CC2C(=O)Nc2cc(Cl)ccc2C)cc1OC. The van der Waals surface area contributed by atoms with Gasteiger partial charge in [-0.2, -0.15) is 0 Å². The number of anilines is 2. The number of nitrogens with one attached hydrogen (secondary N) is 2. The topological polar surface area (TPSA) is 76.7 Å². The van der Waals surface area contributed by atoms with Crippen LogP contribution in [0.25, 0.3) is 0 Å². The summed E-state index contributed by atoms with van der Waals surface area (Å²) in [6, 6.07) is 10.4. The van der Waals surface area contributed by atoms with Crippen LogP contribution in [0, 0.1) is 18.8 Å². The highest BCUT2D eigenvalue weighted by atomic mass is 35.5. The summed E-state index contributed by atoms with van der Waals surface area (Å²) in [6.45, 7) is 1.89. The third kappa shape index (κ3) is 4.34. The van der Waals surface area contributed by atoms with Crippen LogP contribution in [-0.4, -0.2) is 26.0 Å². The number of aryl methyl sites for hydroxylation is 1. The number of rotatable bonds is 6. The molecular weight excluding hydrogens is 368 g/mol. The Labute approximate surface area is 162 Å². The number of hydrogen-bond acceptors (Lipinski definition) is 4. The van der Waals surface area contributed by atoms with E-state index in [4.69, 9.17) is 21.1 Å². The zero-order valence-electron chi connectivity index (χ0n) is 15.3. The van der Waals surface area contributed by atoms with Crippen LogP contribution >= 0.6 is 11.6 Å². The Hall–Kier alpha value is -2.73. The van der Waals surface area contributed by atoms with Crippen molar-refractivity contribution in [3.8, 4) is 11.5 Å². The van der Waals surface area contributed by atoms with Gasteiger partial charge < -0.3 is 20.1 Å². The van der Waals surface area contributed by atoms with Gasteiger partial charge in [0.05, 0.1) is 26.1 Å². The van der Waals surface area contributed by atoms with E-state index in [-0.39, 0.29) is 23.7 Å². The molecule has 7 heteroatoms. The molecule has 0 heterocycles. The van der Waals surface area contributed by atoms with Gasteiger partial charge in [0.1, 0.15) is 0 Å². The fraction of sp³-hybridized carbons (Fsp3) is 0.300. The smallest absolute Gasteiger partial charge is 0.228 e. The summed E-state index contributed by atoms with van der Waals surface area (Å²) in [6.07, 6.45) is 0.518. The van der Waals surface area contributed by atoms with Crippen LogP contribution in [0.3, 0.4) is 0 Å². The summed E-state index contributed by atoms with van der Waals surface area (Å²) in [4.78, 5) is 24.9. The number of halogens is 1. The molecule has 2 unspecified atom stereocenters. The van der Waals surface area contributed by atoms with Crippen LogP contribution < -0.4 is 20.1 Å². The molecule has 27 heavy (non-hydrogen) atoms. The van der Waals surface area contributed by atoms with E-state index in [1.54, 1.807) is 37.4 Å². The Kier molecular flexibility index (Phi) is 5.56. The Balaban J connectivity index is 1.60. The molecule has 1 saturated carbocycles. The van der Waals surface area contributed by atoms with Crippen molar-refractivity contribution in [3.05, 3.63) is 47.0 Å². The van der Waals surface area contributed by atoms with Crippen molar-refractivity contribution in [3.63, 3.8) is 0 Å². The third-order valence-corrected chi connectivity index (χ3v) is 4.81. The van der Waals surface area contributed by atoms with Gasteiger partial charge in [-0.05, 0) is 43.2 Å². The van der Waals surface area contributed by atoms with Gasteiger partial charge in [-0.25, -0.2) is 0 Å². The first-order valence-electron chi connectivity index (χ1n) is 8.53. The zero-order chi connectivity index (χ0) is 19.6. The van der Waals surface area contributed by atoms with Crippen molar-refractivity contribution in [1.29, 1.82) is 0 Å². The fourth-order valence-corrected chi connectivity index (χ4v) is 3.05. The maximum absolute atomic E-state index is 12.4. The lowest BCUT2D eigenvalue weighted by Crippen LogP contribution is -2.21. The summed E-state index contributed by atoms with van der Waals surface area (Å²) < 4.78 is 10.4. The van der Waals surface area contributed by atoms with E-state index in [1.807, 2.05) is 13.0 Å². The number of carbonyl (C=O) groups is 2. The largest absolute Gasteiger partial charge is 0.493 e. The molecule has 2 N–H and O–H groups in total. The molecule has 0 radical (unpaired) electrons. The standard InChI is InChI=1S/C20H21ClN2O4/c1-11-4-5-12(21)8-16(11)23-20(25)15-10-14(15)19(24)22-13-6-7-17(26-2)18(9-13)27-3/h4-9,14-15H,10H2,1-3H3,(H,22,24)(H,23,25). The maximum atomic E-state index is 12.4. The molecule has 1 fully saturated rings. The Bertz CT molecular complexity index is 884.